The molecule has 0 amide bonds. The van der Waals surface area contributed by atoms with E-state index >= 15 is 0 Å². The van der Waals surface area contributed by atoms with Crippen LogP contribution >= 0.6 is 11.3 Å². The van der Waals surface area contributed by atoms with Gasteiger partial charge >= 0.3 is 6.18 Å². The molecule has 0 aliphatic heterocycles. The summed E-state index contributed by atoms with van der Waals surface area (Å²) in [6.45, 7) is 0.0801. The SMILES string of the molecule is CC(CO)(NCc1cccs1)C(F)(F)F. The Labute approximate surface area is 89.7 Å². The normalized spacial score (nSPS) is 16.3. The smallest absolute Gasteiger partial charge is 0.394 e. The standard InChI is InChI=1S/C9H12F3NOS/c1-8(6-14,9(10,11)12)13-5-7-3-2-4-15-7/h2-4,13-14H,5-6H2,1H3. The third-order valence-corrected chi connectivity index (χ3v) is 3.05. The lowest BCUT2D eigenvalue weighted by molar-refractivity contribution is -0.201. The van der Waals surface area contributed by atoms with E-state index in [4.69, 9.17) is 5.11 Å². The summed E-state index contributed by atoms with van der Waals surface area (Å²) in [4.78, 5) is 0.805. The highest BCUT2D eigenvalue weighted by Crippen LogP contribution is 2.30. The lowest BCUT2D eigenvalue weighted by Gasteiger charge is -2.30. The zero-order valence-electron chi connectivity index (χ0n) is 8.14. The predicted octanol–water partition coefficient (Wildman–Crippen LogP) is 2.15. The molecule has 0 radical (unpaired) electrons. The average Bonchev–Trinajstić information content (AvgIpc) is 2.64. The molecule has 1 aromatic heterocycles. The maximum Gasteiger partial charge on any atom is 0.408 e. The Hall–Kier alpha value is -0.590. The van der Waals surface area contributed by atoms with Crippen LogP contribution < -0.4 is 5.32 Å². The third kappa shape index (κ3) is 2.93. The number of nitrogens with one attached hydrogen (secondary N) is 1. The molecule has 0 aliphatic carbocycles. The van der Waals surface area contributed by atoms with Crippen molar-refractivity contribution in [3.05, 3.63) is 22.4 Å². The van der Waals surface area contributed by atoms with Gasteiger partial charge in [0.15, 0.2) is 0 Å². The van der Waals surface area contributed by atoms with Crippen molar-refractivity contribution in [2.45, 2.75) is 25.2 Å². The van der Waals surface area contributed by atoms with Gasteiger partial charge in [0, 0.05) is 11.4 Å². The molecule has 0 fully saturated rings. The minimum atomic E-state index is -4.46. The summed E-state index contributed by atoms with van der Waals surface area (Å²) < 4.78 is 37.5. The van der Waals surface area contributed by atoms with Gasteiger partial charge in [0.05, 0.1) is 6.61 Å². The van der Waals surface area contributed by atoms with Crippen LogP contribution in [0.1, 0.15) is 11.8 Å². The Morgan fingerprint density at radius 1 is 1.47 bits per heavy atom. The van der Waals surface area contributed by atoms with Crippen molar-refractivity contribution in [1.29, 1.82) is 0 Å². The van der Waals surface area contributed by atoms with Crippen molar-refractivity contribution in [3.63, 3.8) is 0 Å². The quantitative estimate of drug-likeness (QED) is 0.843. The van der Waals surface area contributed by atoms with E-state index in [1.807, 2.05) is 0 Å². The summed E-state index contributed by atoms with van der Waals surface area (Å²) in [5.41, 5.74) is -2.24. The second kappa shape index (κ2) is 4.51. The lowest BCUT2D eigenvalue weighted by Crippen LogP contribution is -2.56. The van der Waals surface area contributed by atoms with Gasteiger partial charge in [-0.15, -0.1) is 11.3 Å². The topological polar surface area (TPSA) is 32.3 Å². The molecule has 0 bridgehead atoms. The maximum atomic E-state index is 12.5. The van der Waals surface area contributed by atoms with Crippen LogP contribution in [0.2, 0.25) is 0 Å². The Morgan fingerprint density at radius 2 is 2.13 bits per heavy atom. The molecule has 0 aromatic carbocycles. The predicted molar refractivity (Wildman–Crippen MR) is 52.7 cm³/mol. The first kappa shape index (κ1) is 12.5. The Balaban J connectivity index is 2.62. The highest BCUT2D eigenvalue weighted by molar-refractivity contribution is 7.09. The largest absolute Gasteiger partial charge is 0.408 e. The number of thiophene rings is 1. The molecule has 0 spiro atoms. The molecule has 0 aliphatic rings. The monoisotopic (exact) mass is 239 g/mol. The molecule has 0 saturated carbocycles. The van der Waals surface area contributed by atoms with Gasteiger partial charge in [-0.05, 0) is 18.4 Å². The average molecular weight is 239 g/mol. The van der Waals surface area contributed by atoms with Crippen LogP contribution in [0.3, 0.4) is 0 Å². The van der Waals surface area contributed by atoms with Gasteiger partial charge in [0.1, 0.15) is 5.54 Å². The second-order valence-corrected chi connectivity index (χ2v) is 4.45. The maximum absolute atomic E-state index is 12.5. The number of hydrogen-bond acceptors (Lipinski definition) is 3. The van der Waals surface area contributed by atoms with E-state index in [1.165, 1.54) is 11.3 Å². The molecule has 1 heterocycles. The molecule has 1 rings (SSSR count). The fourth-order valence-electron chi connectivity index (χ4n) is 0.941. The number of aliphatic hydroxyl groups is 1. The molecule has 1 unspecified atom stereocenters. The molecular weight excluding hydrogens is 227 g/mol. The van der Waals surface area contributed by atoms with Gasteiger partial charge in [-0.25, -0.2) is 0 Å². The molecule has 86 valence electrons. The highest BCUT2D eigenvalue weighted by atomic mass is 32.1. The van der Waals surface area contributed by atoms with Crippen molar-refractivity contribution < 1.29 is 18.3 Å². The van der Waals surface area contributed by atoms with E-state index in [0.29, 0.717) is 0 Å². The number of hydrogen-bond donors (Lipinski definition) is 2. The van der Waals surface area contributed by atoms with Gasteiger partial charge in [0.2, 0.25) is 0 Å². The summed E-state index contributed by atoms with van der Waals surface area (Å²) in [7, 11) is 0. The van der Waals surface area contributed by atoms with Crippen molar-refractivity contribution in [1.82, 2.24) is 5.32 Å². The summed E-state index contributed by atoms with van der Waals surface area (Å²) in [5.74, 6) is 0. The number of halogens is 3. The van der Waals surface area contributed by atoms with Gasteiger partial charge in [-0.2, -0.15) is 13.2 Å². The van der Waals surface area contributed by atoms with Crippen molar-refractivity contribution in [2.24, 2.45) is 0 Å². The molecule has 0 saturated heterocycles. The van der Waals surface area contributed by atoms with Crippen LogP contribution in [0.25, 0.3) is 0 Å². The molecule has 6 heteroatoms. The minimum absolute atomic E-state index is 0.105. The Bertz CT molecular complexity index is 299. The van der Waals surface area contributed by atoms with Crippen LogP contribution in [0.4, 0.5) is 13.2 Å². The first-order valence-corrected chi connectivity index (χ1v) is 5.22. The number of aliphatic hydroxyl groups excluding tert-OH is 1. The van der Waals surface area contributed by atoms with Gasteiger partial charge in [0.25, 0.3) is 0 Å². The molecular formula is C9H12F3NOS. The van der Waals surface area contributed by atoms with Crippen LogP contribution in [0.15, 0.2) is 17.5 Å². The highest BCUT2D eigenvalue weighted by Gasteiger charge is 2.50. The Kier molecular flexibility index (Phi) is 3.75. The summed E-state index contributed by atoms with van der Waals surface area (Å²) in [6, 6.07) is 3.51. The van der Waals surface area contributed by atoms with Crippen molar-refractivity contribution >= 4 is 11.3 Å². The van der Waals surface area contributed by atoms with Crippen LogP contribution in [0, 0.1) is 0 Å². The fraction of sp³-hybridized carbons (Fsp3) is 0.556. The summed E-state index contributed by atoms with van der Waals surface area (Å²) in [5, 5.41) is 12.9. The zero-order valence-corrected chi connectivity index (χ0v) is 8.95. The van der Waals surface area contributed by atoms with E-state index in [2.05, 4.69) is 5.32 Å². The molecule has 1 atom stereocenters. The van der Waals surface area contributed by atoms with Crippen LogP contribution in [-0.4, -0.2) is 23.4 Å². The third-order valence-electron chi connectivity index (χ3n) is 2.17. The van der Waals surface area contributed by atoms with Crippen molar-refractivity contribution in [3.8, 4) is 0 Å². The van der Waals surface area contributed by atoms with Gasteiger partial charge < -0.3 is 5.11 Å². The molecule has 15 heavy (non-hydrogen) atoms. The van der Waals surface area contributed by atoms with Gasteiger partial charge in [-0.3, -0.25) is 5.32 Å². The molecule has 1 aromatic rings. The van der Waals surface area contributed by atoms with Crippen LogP contribution in [0.5, 0.6) is 0 Å². The van der Waals surface area contributed by atoms with E-state index in [9.17, 15) is 13.2 Å². The van der Waals surface area contributed by atoms with E-state index in [0.717, 1.165) is 11.8 Å². The van der Waals surface area contributed by atoms with Crippen LogP contribution in [-0.2, 0) is 6.54 Å². The molecule has 2 N–H and O–H groups in total. The van der Waals surface area contributed by atoms with Gasteiger partial charge in [-0.1, -0.05) is 6.07 Å². The van der Waals surface area contributed by atoms with Crippen molar-refractivity contribution in [2.75, 3.05) is 6.61 Å². The first-order valence-electron chi connectivity index (χ1n) is 4.34. The molecule has 2 nitrogen and oxygen atoms in total. The number of rotatable bonds is 4. The fourth-order valence-corrected chi connectivity index (χ4v) is 1.59. The zero-order chi connectivity index (χ0) is 11.5. The van der Waals surface area contributed by atoms with E-state index in [1.54, 1.807) is 17.5 Å². The minimum Gasteiger partial charge on any atom is -0.394 e. The Morgan fingerprint density at radius 3 is 2.53 bits per heavy atom. The summed E-state index contributed by atoms with van der Waals surface area (Å²) in [6.07, 6.45) is -4.46. The van der Waals surface area contributed by atoms with E-state index in [-0.39, 0.29) is 6.54 Å². The number of alkyl halides is 3. The van der Waals surface area contributed by atoms with E-state index < -0.39 is 18.3 Å². The lowest BCUT2D eigenvalue weighted by atomic mass is 10.0. The summed E-state index contributed by atoms with van der Waals surface area (Å²) >= 11 is 1.37. The first-order chi connectivity index (χ1) is 6.89. The second-order valence-electron chi connectivity index (χ2n) is 3.42.